The average molecular weight is 377 g/mol. The lowest BCUT2D eigenvalue weighted by molar-refractivity contribution is 0.102. The minimum absolute atomic E-state index is 0.240. The van der Waals surface area contributed by atoms with Gasteiger partial charge in [-0.1, -0.05) is 29.5 Å². The highest BCUT2D eigenvalue weighted by Crippen LogP contribution is 2.30. The van der Waals surface area contributed by atoms with Crippen LogP contribution in [0.15, 0.2) is 66.9 Å². The summed E-state index contributed by atoms with van der Waals surface area (Å²) < 4.78 is 11.9. The Morgan fingerprint density at radius 2 is 1.89 bits per heavy atom. The van der Waals surface area contributed by atoms with Crippen molar-refractivity contribution >= 4 is 32.6 Å². The van der Waals surface area contributed by atoms with Crippen LogP contribution in [0.5, 0.6) is 17.4 Å². The standard InChI is InChI=1S/C20H15N3O3S/c1-25-14-9-10-16-17(12-14)27-20(22-16)23-18(24)15-8-5-11-21-19(15)26-13-6-3-2-4-7-13/h2-12H,1H3,(H,22,23,24). The zero-order valence-electron chi connectivity index (χ0n) is 14.4. The van der Waals surface area contributed by atoms with E-state index < -0.39 is 0 Å². The summed E-state index contributed by atoms with van der Waals surface area (Å²) in [5.41, 5.74) is 1.13. The average Bonchev–Trinajstić information content (AvgIpc) is 3.10. The molecule has 1 N–H and O–H groups in total. The summed E-state index contributed by atoms with van der Waals surface area (Å²) in [6.45, 7) is 0. The molecule has 0 spiro atoms. The van der Waals surface area contributed by atoms with Gasteiger partial charge >= 0.3 is 0 Å². The Hall–Kier alpha value is -3.45. The molecule has 134 valence electrons. The van der Waals surface area contributed by atoms with Crippen molar-refractivity contribution in [3.05, 3.63) is 72.4 Å². The van der Waals surface area contributed by atoms with Crippen molar-refractivity contribution in [3.8, 4) is 17.4 Å². The first-order valence-corrected chi connectivity index (χ1v) is 8.98. The van der Waals surface area contributed by atoms with Gasteiger partial charge in [0.05, 0.1) is 17.3 Å². The maximum absolute atomic E-state index is 12.7. The van der Waals surface area contributed by atoms with E-state index in [1.165, 1.54) is 11.3 Å². The quantitative estimate of drug-likeness (QED) is 0.544. The number of carbonyl (C=O) groups is 1. The first kappa shape index (κ1) is 17.0. The fraction of sp³-hybridized carbons (Fsp3) is 0.0500. The zero-order chi connectivity index (χ0) is 18.6. The van der Waals surface area contributed by atoms with Gasteiger partial charge < -0.3 is 9.47 Å². The van der Waals surface area contributed by atoms with E-state index >= 15 is 0 Å². The van der Waals surface area contributed by atoms with Crippen LogP contribution in [0.2, 0.25) is 0 Å². The van der Waals surface area contributed by atoms with E-state index in [0.29, 0.717) is 16.4 Å². The second kappa shape index (κ2) is 7.43. The van der Waals surface area contributed by atoms with E-state index in [2.05, 4.69) is 15.3 Å². The van der Waals surface area contributed by atoms with E-state index in [9.17, 15) is 4.79 Å². The Balaban J connectivity index is 1.58. The predicted octanol–water partition coefficient (Wildman–Crippen LogP) is 4.74. The second-order valence-corrected chi connectivity index (χ2v) is 6.61. The molecular formula is C20H15N3O3S. The number of nitrogens with zero attached hydrogens (tertiary/aromatic N) is 2. The fourth-order valence-corrected chi connectivity index (χ4v) is 3.38. The van der Waals surface area contributed by atoms with Crippen molar-refractivity contribution in [3.63, 3.8) is 0 Å². The molecule has 7 heteroatoms. The molecule has 4 rings (SSSR count). The van der Waals surface area contributed by atoms with Gasteiger partial charge in [0, 0.05) is 6.20 Å². The number of hydrogen-bond acceptors (Lipinski definition) is 6. The summed E-state index contributed by atoms with van der Waals surface area (Å²) in [5, 5.41) is 3.32. The van der Waals surface area contributed by atoms with Gasteiger partial charge in [-0.05, 0) is 42.5 Å². The number of nitrogens with one attached hydrogen (secondary N) is 1. The number of methoxy groups -OCH3 is 1. The molecular weight excluding hydrogens is 362 g/mol. The van der Waals surface area contributed by atoms with E-state index in [1.54, 1.807) is 37.6 Å². The van der Waals surface area contributed by atoms with Crippen molar-refractivity contribution in [2.75, 3.05) is 12.4 Å². The van der Waals surface area contributed by atoms with Crippen LogP contribution >= 0.6 is 11.3 Å². The normalized spacial score (nSPS) is 10.6. The monoisotopic (exact) mass is 377 g/mol. The number of amides is 1. The van der Waals surface area contributed by atoms with Crippen molar-refractivity contribution in [2.45, 2.75) is 0 Å². The Kier molecular flexibility index (Phi) is 4.67. The van der Waals surface area contributed by atoms with Gasteiger partial charge in [-0.3, -0.25) is 10.1 Å². The molecule has 2 aromatic carbocycles. The van der Waals surface area contributed by atoms with Crippen LogP contribution in [0.4, 0.5) is 5.13 Å². The van der Waals surface area contributed by atoms with Gasteiger partial charge in [-0.2, -0.15) is 0 Å². The predicted molar refractivity (Wildman–Crippen MR) is 105 cm³/mol. The molecule has 0 saturated carbocycles. The summed E-state index contributed by atoms with van der Waals surface area (Å²) >= 11 is 1.38. The fourth-order valence-electron chi connectivity index (χ4n) is 2.49. The number of benzene rings is 2. The second-order valence-electron chi connectivity index (χ2n) is 5.58. The zero-order valence-corrected chi connectivity index (χ0v) is 15.2. The Morgan fingerprint density at radius 1 is 1.04 bits per heavy atom. The summed E-state index contributed by atoms with van der Waals surface area (Å²) in [4.78, 5) is 21.4. The number of thiazole rings is 1. The Morgan fingerprint density at radius 3 is 2.70 bits per heavy atom. The highest BCUT2D eigenvalue weighted by Gasteiger charge is 2.16. The van der Waals surface area contributed by atoms with E-state index in [4.69, 9.17) is 9.47 Å². The van der Waals surface area contributed by atoms with Gasteiger partial charge in [-0.15, -0.1) is 0 Å². The van der Waals surface area contributed by atoms with Crippen molar-refractivity contribution < 1.29 is 14.3 Å². The number of pyridine rings is 1. The molecule has 1 amide bonds. The van der Waals surface area contributed by atoms with Crippen LogP contribution in [0.1, 0.15) is 10.4 Å². The molecule has 0 atom stereocenters. The van der Waals surface area contributed by atoms with Crippen LogP contribution in [-0.4, -0.2) is 23.0 Å². The maximum Gasteiger partial charge on any atom is 0.262 e. The van der Waals surface area contributed by atoms with E-state index in [-0.39, 0.29) is 11.8 Å². The van der Waals surface area contributed by atoms with E-state index in [1.807, 2.05) is 36.4 Å². The molecule has 6 nitrogen and oxygen atoms in total. The molecule has 0 radical (unpaired) electrons. The lowest BCUT2D eigenvalue weighted by Gasteiger charge is -2.09. The molecule has 0 unspecified atom stereocenters. The SMILES string of the molecule is COc1ccc2nc(NC(=O)c3cccnc3Oc3ccccc3)sc2c1. The molecule has 0 aliphatic carbocycles. The molecule has 0 bridgehead atoms. The summed E-state index contributed by atoms with van der Waals surface area (Å²) in [6.07, 6.45) is 1.58. The molecule has 0 saturated heterocycles. The van der Waals surface area contributed by atoms with Gasteiger partial charge in [0.15, 0.2) is 5.13 Å². The van der Waals surface area contributed by atoms with Crippen molar-refractivity contribution in [2.24, 2.45) is 0 Å². The highest BCUT2D eigenvalue weighted by molar-refractivity contribution is 7.22. The topological polar surface area (TPSA) is 73.3 Å². The van der Waals surface area contributed by atoms with Crippen molar-refractivity contribution in [1.29, 1.82) is 0 Å². The number of hydrogen-bond donors (Lipinski definition) is 1. The number of aromatic nitrogens is 2. The molecule has 2 heterocycles. The molecule has 0 aliphatic heterocycles. The largest absolute Gasteiger partial charge is 0.497 e. The number of ether oxygens (including phenoxy) is 2. The number of carbonyl (C=O) groups excluding carboxylic acids is 1. The van der Waals surface area contributed by atoms with Crippen molar-refractivity contribution in [1.82, 2.24) is 9.97 Å². The number of para-hydroxylation sites is 1. The number of anilines is 1. The van der Waals surface area contributed by atoms with Crippen LogP contribution in [0.25, 0.3) is 10.2 Å². The van der Waals surface area contributed by atoms with Crippen LogP contribution in [-0.2, 0) is 0 Å². The Bertz CT molecular complexity index is 1100. The lowest BCUT2D eigenvalue weighted by atomic mass is 10.2. The number of fused-ring (bicyclic) bond motifs is 1. The third-order valence-electron chi connectivity index (χ3n) is 3.79. The highest BCUT2D eigenvalue weighted by atomic mass is 32.1. The molecule has 27 heavy (non-hydrogen) atoms. The van der Waals surface area contributed by atoms with E-state index in [0.717, 1.165) is 16.0 Å². The van der Waals surface area contributed by atoms with Gasteiger partial charge in [0.2, 0.25) is 5.88 Å². The van der Waals surface area contributed by atoms with Gasteiger partial charge in [0.1, 0.15) is 17.1 Å². The third-order valence-corrected chi connectivity index (χ3v) is 4.72. The smallest absolute Gasteiger partial charge is 0.262 e. The van der Waals surface area contributed by atoms with Gasteiger partial charge in [-0.25, -0.2) is 9.97 Å². The summed E-state index contributed by atoms with van der Waals surface area (Å²) in [6, 6.07) is 18.1. The van der Waals surface area contributed by atoms with Gasteiger partial charge in [0.25, 0.3) is 5.91 Å². The minimum Gasteiger partial charge on any atom is -0.497 e. The number of rotatable bonds is 5. The summed E-state index contributed by atoms with van der Waals surface area (Å²) in [7, 11) is 1.61. The lowest BCUT2D eigenvalue weighted by Crippen LogP contribution is -2.13. The molecule has 0 aliphatic rings. The first-order valence-electron chi connectivity index (χ1n) is 8.17. The third kappa shape index (κ3) is 3.73. The molecule has 4 aromatic rings. The van der Waals surface area contributed by atoms with Crippen LogP contribution in [0.3, 0.4) is 0 Å². The minimum atomic E-state index is -0.333. The molecule has 0 fully saturated rings. The molecule has 2 aromatic heterocycles. The van der Waals surface area contributed by atoms with Crippen LogP contribution in [0, 0.1) is 0 Å². The Labute approximate surface area is 159 Å². The maximum atomic E-state index is 12.7. The van der Waals surface area contributed by atoms with Crippen LogP contribution < -0.4 is 14.8 Å². The summed E-state index contributed by atoms with van der Waals surface area (Å²) in [5.74, 6) is 1.26. The first-order chi connectivity index (χ1) is 13.2.